The summed E-state index contributed by atoms with van der Waals surface area (Å²) in [6, 6.07) is 5.49. The number of morpholine rings is 1. The molecule has 0 radical (unpaired) electrons. The minimum absolute atomic E-state index is 0.00515. The van der Waals surface area contributed by atoms with E-state index >= 15 is 0 Å². The van der Waals surface area contributed by atoms with Gasteiger partial charge in [0, 0.05) is 29.0 Å². The Bertz CT molecular complexity index is 566. The summed E-state index contributed by atoms with van der Waals surface area (Å²) in [6.07, 6.45) is 0.441. The molecule has 1 heterocycles. The number of halogens is 2. The van der Waals surface area contributed by atoms with Gasteiger partial charge in [0.15, 0.2) is 0 Å². The van der Waals surface area contributed by atoms with Gasteiger partial charge < -0.3 is 14.7 Å². The van der Waals surface area contributed by atoms with Crippen LogP contribution in [0.1, 0.15) is 18.4 Å². The van der Waals surface area contributed by atoms with Crippen molar-refractivity contribution in [3.8, 4) is 0 Å². The van der Waals surface area contributed by atoms with E-state index in [9.17, 15) is 9.59 Å². The van der Waals surface area contributed by atoms with E-state index in [1.807, 2.05) is 12.1 Å². The number of hydrogen-bond acceptors (Lipinski definition) is 3. The third-order valence-electron chi connectivity index (χ3n) is 3.51. The third-order valence-corrected chi connectivity index (χ3v) is 4.52. The summed E-state index contributed by atoms with van der Waals surface area (Å²) in [6.45, 7) is 1.22. The van der Waals surface area contributed by atoms with Crippen molar-refractivity contribution in [2.45, 2.75) is 25.4 Å². The zero-order valence-electron chi connectivity index (χ0n) is 11.9. The van der Waals surface area contributed by atoms with E-state index in [1.165, 1.54) is 0 Å². The lowest BCUT2D eigenvalue weighted by Crippen LogP contribution is -2.46. The molecule has 1 amide bonds. The average molecular weight is 391 g/mol. The van der Waals surface area contributed by atoms with Crippen LogP contribution in [0.5, 0.6) is 0 Å². The second-order valence-electron chi connectivity index (χ2n) is 5.17. The molecule has 0 aromatic heterocycles. The first-order valence-corrected chi connectivity index (χ1v) is 8.18. The van der Waals surface area contributed by atoms with Gasteiger partial charge in [0.05, 0.1) is 19.1 Å². The number of ether oxygens (including phenoxy) is 1. The van der Waals surface area contributed by atoms with Crippen LogP contribution in [0.2, 0.25) is 5.02 Å². The Balaban J connectivity index is 1.89. The van der Waals surface area contributed by atoms with Crippen LogP contribution in [-0.4, -0.2) is 47.7 Å². The Morgan fingerprint density at radius 1 is 1.45 bits per heavy atom. The van der Waals surface area contributed by atoms with Crippen molar-refractivity contribution in [1.29, 1.82) is 0 Å². The van der Waals surface area contributed by atoms with Gasteiger partial charge in [0.25, 0.3) is 0 Å². The quantitative estimate of drug-likeness (QED) is 0.839. The van der Waals surface area contributed by atoms with Gasteiger partial charge in [0.2, 0.25) is 5.91 Å². The van der Waals surface area contributed by atoms with Crippen molar-refractivity contribution in [2.24, 2.45) is 0 Å². The molecular weight excluding hydrogens is 374 g/mol. The summed E-state index contributed by atoms with van der Waals surface area (Å²) in [7, 11) is 0. The average Bonchev–Trinajstić information content (AvgIpc) is 2.47. The van der Waals surface area contributed by atoms with Gasteiger partial charge in [-0.15, -0.1) is 0 Å². The number of rotatable bonds is 5. The highest BCUT2D eigenvalue weighted by molar-refractivity contribution is 9.10. The lowest BCUT2D eigenvalue weighted by Gasteiger charge is -2.32. The number of aliphatic carboxylic acids is 1. The molecule has 0 aliphatic carbocycles. The fourth-order valence-corrected chi connectivity index (χ4v) is 3.04. The molecule has 1 atom stereocenters. The number of carboxylic acid groups (broad SMARTS) is 1. The SMILES string of the molecule is O=C(O)CC1CN(C(=O)CCc2cc(Cl)ccc2Br)CCO1. The maximum Gasteiger partial charge on any atom is 0.306 e. The maximum atomic E-state index is 12.3. The molecule has 0 bridgehead atoms. The normalized spacial score (nSPS) is 18.3. The van der Waals surface area contributed by atoms with E-state index in [0.717, 1.165) is 10.0 Å². The van der Waals surface area contributed by atoms with Gasteiger partial charge in [0.1, 0.15) is 0 Å². The molecule has 1 fully saturated rings. The molecule has 1 unspecified atom stereocenters. The lowest BCUT2D eigenvalue weighted by atomic mass is 10.1. The second kappa shape index (κ2) is 7.94. The van der Waals surface area contributed by atoms with Crippen LogP contribution in [0.25, 0.3) is 0 Å². The van der Waals surface area contributed by atoms with Gasteiger partial charge >= 0.3 is 5.97 Å². The second-order valence-corrected chi connectivity index (χ2v) is 6.46. The maximum absolute atomic E-state index is 12.3. The van der Waals surface area contributed by atoms with E-state index in [4.69, 9.17) is 21.4 Å². The van der Waals surface area contributed by atoms with Gasteiger partial charge in [-0.2, -0.15) is 0 Å². The zero-order valence-corrected chi connectivity index (χ0v) is 14.3. The minimum Gasteiger partial charge on any atom is -0.481 e. The van der Waals surface area contributed by atoms with Crippen LogP contribution in [0.15, 0.2) is 22.7 Å². The summed E-state index contributed by atoms with van der Waals surface area (Å²) in [4.78, 5) is 24.7. The number of carboxylic acids is 1. The Hall–Kier alpha value is -1.11. The fourth-order valence-electron chi connectivity index (χ4n) is 2.40. The molecule has 0 saturated carbocycles. The molecule has 1 aliphatic rings. The van der Waals surface area contributed by atoms with Gasteiger partial charge in [-0.25, -0.2) is 0 Å². The first kappa shape index (κ1) is 17.2. The number of carbonyl (C=O) groups excluding carboxylic acids is 1. The van der Waals surface area contributed by atoms with E-state index in [2.05, 4.69) is 15.9 Å². The van der Waals surface area contributed by atoms with Crippen LogP contribution < -0.4 is 0 Å². The highest BCUT2D eigenvalue weighted by Gasteiger charge is 2.25. The monoisotopic (exact) mass is 389 g/mol. The summed E-state index contributed by atoms with van der Waals surface area (Å²) < 4.78 is 6.29. The molecule has 1 N–H and O–H groups in total. The fraction of sp³-hybridized carbons (Fsp3) is 0.467. The number of benzene rings is 1. The van der Waals surface area contributed by atoms with Crippen LogP contribution in [0.4, 0.5) is 0 Å². The molecule has 1 aromatic carbocycles. The predicted molar refractivity (Wildman–Crippen MR) is 86.0 cm³/mol. The zero-order chi connectivity index (χ0) is 16.1. The standard InChI is InChI=1S/C15H17BrClNO4/c16-13-3-2-11(17)7-10(13)1-4-14(19)18-5-6-22-12(9-18)8-15(20)21/h2-3,7,12H,1,4-6,8-9H2,(H,20,21). The molecule has 1 saturated heterocycles. The van der Waals surface area contributed by atoms with Gasteiger partial charge in [-0.3, -0.25) is 9.59 Å². The van der Waals surface area contributed by atoms with E-state index in [0.29, 0.717) is 37.6 Å². The molecule has 120 valence electrons. The molecular formula is C15H17BrClNO4. The van der Waals surface area contributed by atoms with Gasteiger partial charge in [-0.1, -0.05) is 27.5 Å². The van der Waals surface area contributed by atoms with E-state index in [1.54, 1.807) is 11.0 Å². The summed E-state index contributed by atoms with van der Waals surface area (Å²) in [5.74, 6) is -0.910. The molecule has 2 rings (SSSR count). The first-order chi connectivity index (χ1) is 10.5. The van der Waals surface area contributed by atoms with Crippen LogP contribution >= 0.6 is 27.5 Å². The smallest absolute Gasteiger partial charge is 0.306 e. The lowest BCUT2D eigenvalue weighted by molar-refractivity contribution is -0.147. The number of carbonyl (C=O) groups is 2. The van der Waals surface area contributed by atoms with Crippen molar-refractivity contribution >= 4 is 39.4 Å². The summed E-state index contributed by atoms with van der Waals surface area (Å²) in [5.41, 5.74) is 0.983. The molecule has 22 heavy (non-hydrogen) atoms. The Morgan fingerprint density at radius 2 is 2.23 bits per heavy atom. The largest absolute Gasteiger partial charge is 0.481 e. The Labute approximate surface area is 142 Å². The van der Waals surface area contributed by atoms with E-state index in [-0.39, 0.29) is 12.3 Å². The van der Waals surface area contributed by atoms with Gasteiger partial charge in [-0.05, 0) is 30.2 Å². The predicted octanol–water partition coefficient (Wildman–Crippen LogP) is 2.74. The van der Waals surface area contributed by atoms with Crippen molar-refractivity contribution < 1.29 is 19.4 Å². The van der Waals surface area contributed by atoms with Crippen molar-refractivity contribution in [2.75, 3.05) is 19.7 Å². The minimum atomic E-state index is -0.915. The molecule has 5 nitrogen and oxygen atoms in total. The Kier molecular flexibility index (Phi) is 6.23. The number of hydrogen-bond donors (Lipinski definition) is 1. The Morgan fingerprint density at radius 3 is 2.95 bits per heavy atom. The molecule has 1 aromatic rings. The van der Waals surface area contributed by atoms with Crippen molar-refractivity contribution in [1.82, 2.24) is 4.90 Å². The number of amides is 1. The summed E-state index contributed by atoms with van der Waals surface area (Å²) in [5, 5.41) is 9.44. The molecule has 1 aliphatic heterocycles. The third kappa shape index (κ3) is 4.97. The van der Waals surface area contributed by atoms with Crippen molar-refractivity contribution in [3.63, 3.8) is 0 Å². The van der Waals surface area contributed by atoms with Crippen molar-refractivity contribution in [3.05, 3.63) is 33.3 Å². The topological polar surface area (TPSA) is 66.8 Å². The highest BCUT2D eigenvalue weighted by Crippen LogP contribution is 2.23. The number of aryl methyl sites for hydroxylation is 1. The molecule has 0 spiro atoms. The van der Waals surface area contributed by atoms with Crippen LogP contribution in [0.3, 0.4) is 0 Å². The molecule has 7 heteroatoms. The first-order valence-electron chi connectivity index (χ1n) is 7.01. The summed E-state index contributed by atoms with van der Waals surface area (Å²) >= 11 is 9.40. The van der Waals surface area contributed by atoms with Crippen LogP contribution in [-0.2, 0) is 20.7 Å². The van der Waals surface area contributed by atoms with Crippen LogP contribution in [0, 0.1) is 0 Å². The van der Waals surface area contributed by atoms with E-state index < -0.39 is 12.1 Å². The highest BCUT2D eigenvalue weighted by atomic mass is 79.9. The number of nitrogens with zero attached hydrogens (tertiary/aromatic N) is 1.